The van der Waals surface area contributed by atoms with Gasteiger partial charge in [-0.1, -0.05) is 31.2 Å². The lowest BCUT2D eigenvalue weighted by molar-refractivity contribution is -0.122. The fraction of sp³-hybridized carbons (Fsp3) is 0.412. The molecule has 0 saturated carbocycles. The van der Waals surface area contributed by atoms with Crippen molar-refractivity contribution in [3.63, 3.8) is 0 Å². The SMILES string of the molecule is C[C@H]1Cc2ccccc2[C@@H]1Nc1cnn(CC(=O)NCCO)c1. The molecule has 3 N–H and O–H groups in total. The number of hydrogen-bond donors (Lipinski definition) is 3. The third-order valence-electron chi connectivity index (χ3n) is 4.20. The van der Waals surface area contributed by atoms with Crippen LogP contribution >= 0.6 is 0 Å². The Morgan fingerprint density at radius 2 is 2.26 bits per heavy atom. The number of carbonyl (C=O) groups excluding carboxylic acids is 1. The highest BCUT2D eigenvalue weighted by molar-refractivity contribution is 5.75. The molecule has 0 unspecified atom stereocenters. The monoisotopic (exact) mass is 314 g/mol. The quantitative estimate of drug-likeness (QED) is 0.752. The van der Waals surface area contributed by atoms with Crippen LogP contribution in [0.1, 0.15) is 24.1 Å². The van der Waals surface area contributed by atoms with Gasteiger partial charge in [0.25, 0.3) is 0 Å². The van der Waals surface area contributed by atoms with E-state index in [1.807, 2.05) is 6.20 Å². The van der Waals surface area contributed by atoms with Gasteiger partial charge in [-0.05, 0) is 23.5 Å². The van der Waals surface area contributed by atoms with Crippen molar-refractivity contribution in [2.75, 3.05) is 18.5 Å². The second kappa shape index (κ2) is 6.83. The maximum atomic E-state index is 11.6. The molecule has 122 valence electrons. The van der Waals surface area contributed by atoms with E-state index in [1.165, 1.54) is 11.1 Å². The first-order valence-electron chi connectivity index (χ1n) is 7.91. The molecule has 2 aromatic rings. The number of aliphatic hydroxyl groups is 1. The number of benzene rings is 1. The minimum atomic E-state index is -0.159. The second-order valence-corrected chi connectivity index (χ2v) is 6.00. The van der Waals surface area contributed by atoms with Crippen LogP contribution in [0, 0.1) is 5.92 Å². The molecule has 6 nitrogen and oxygen atoms in total. The third-order valence-corrected chi connectivity index (χ3v) is 4.20. The first-order valence-corrected chi connectivity index (χ1v) is 7.91. The standard InChI is InChI=1S/C17H22N4O2/c1-12-8-13-4-2-3-5-15(13)17(12)20-14-9-19-21(10-14)11-16(23)18-6-7-22/h2-5,9-10,12,17,20,22H,6-8,11H2,1H3,(H,18,23)/t12-,17+/m0/s1. The largest absolute Gasteiger partial charge is 0.395 e. The van der Waals surface area contributed by atoms with Crippen LogP contribution in [0.2, 0.25) is 0 Å². The van der Waals surface area contributed by atoms with Gasteiger partial charge in [0.2, 0.25) is 5.91 Å². The van der Waals surface area contributed by atoms with Gasteiger partial charge in [0.15, 0.2) is 0 Å². The molecular formula is C17H22N4O2. The van der Waals surface area contributed by atoms with Crippen molar-refractivity contribution in [1.82, 2.24) is 15.1 Å². The van der Waals surface area contributed by atoms with Crippen LogP contribution in [0.3, 0.4) is 0 Å². The lowest BCUT2D eigenvalue weighted by atomic mass is 10.0. The van der Waals surface area contributed by atoms with E-state index in [0.29, 0.717) is 5.92 Å². The average Bonchev–Trinajstić information content (AvgIpc) is 3.10. The summed E-state index contributed by atoms with van der Waals surface area (Å²) in [4.78, 5) is 11.6. The fourth-order valence-electron chi connectivity index (χ4n) is 3.12. The molecule has 0 fully saturated rings. The predicted octanol–water partition coefficient (Wildman–Crippen LogP) is 1.34. The predicted molar refractivity (Wildman–Crippen MR) is 88.0 cm³/mol. The molecule has 23 heavy (non-hydrogen) atoms. The number of amides is 1. The van der Waals surface area contributed by atoms with Crippen molar-refractivity contribution in [2.45, 2.75) is 25.9 Å². The Bertz CT molecular complexity index is 683. The average molecular weight is 314 g/mol. The summed E-state index contributed by atoms with van der Waals surface area (Å²) in [6, 6.07) is 8.77. The summed E-state index contributed by atoms with van der Waals surface area (Å²) in [5, 5.41) is 19.1. The highest BCUT2D eigenvalue weighted by Crippen LogP contribution is 2.37. The minimum absolute atomic E-state index is 0.0589. The first kappa shape index (κ1) is 15.6. The molecule has 2 atom stereocenters. The van der Waals surface area contributed by atoms with E-state index < -0.39 is 0 Å². The number of anilines is 1. The van der Waals surface area contributed by atoms with Crippen molar-refractivity contribution in [3.05, 3.63) is 47.8 Å². The Hall–Kier alpha value is -2.34. The molecule has 1 heterocycles. The number of aromatic nitrogens is 2. The van der Waals surface area contributed by atoms with Crippen molar-refractivity contribution in [3.8, 4) is 0 Å². The molecule has 0 radical (unpaired) electrons. The van der Waals surface area contributed by atoms with Crippen LogP contribution in [0.15, 0.2) is 36.7 Å². The van der Waals surface area contributed by atoms with Gasteiger partial charge in [-0.2, -0.15) is 5.10 Å². The van der Waals surface area contributed by atoms with E-state index >= 15 is 0 Å². The summed E-state index contributed by atoms with van der Waals surface area (Å²) in [5.74, 6) is 0.358. The topological polar surface area (TPSA) is 79.2 Å². The number of fused-ring (bicyclic) bond motifs is 1. The summed E-state index contributed by atoms with van der Waals surface area (Å²) in [7, 11) is 0. The summed E-state index contributed by atoms with van der Waals surface area (Å²) in [5.41, 5.74) is 3.65. The fourth-order valence-corrected chi connectivity index (χ4v) is 3.12. The number of nitrogens with one attached hydrogen (secondary N) is 2. The molecule has 0 aliphatic heterocycles. The van der Waals surface area contributed by atoms with Gasteiger partial charge < -0.3 is 15.7 Å². The van der Waals surface area contributed by atoms with Gasteiger partial charge in [0.05, 0.1) is 24.5 Å². The Morgan fingerprint density at radius 1 is 1.43 bits per heavy atom. The molecule has 0 spiro atoms. The lowest BCUT2D eigenvalue weighted by Gasteiger charge is -2.18. The van der Waals surface area contributed by atoms with Crippen molar-refractivity contribution in [1.29, 1.82) is 0 Å². The number of hydrogen-bond acceptors (Lipinski definition) is 4. The van der Waals surface area contributed by atoms with E-state index in [-0.39, 0.29) is 31.6 Å². The van der Waals surface area contributed by atoms with Gasteiger partial charge in [0, 0.05) is 12.7 Å². The summed E-state index contributed by atoms with van der Waals surface area (Å²) in [6.07, 6.45) is 4.66. The molecular weight excluding hydrogens is 292 g/mol. The van der Waals surface area contributed by atoms with Crippen molar-refractivity contribution in [2.24, 2.45) is 5.92 Å². The number of carbonyl (C=O) groups is 1. The van der Waals surface area contributed by atoms with E-state index in [1.54, 1.807) is 10.9 Å². The molecule has 1 aliphatic rings. The van der Waals surface area contributed by atoms with Crippen LogP contribution in [-0.2, 0) is 17.8 Å². The Labute approximate surface area is 135 Å². The number of nitrogens with zero attached hydrogens (tertiary/aromatic N) is 2. The van der Waals surface area contributed by atoms with Gasteiger partial charge in [-0.3, -0.25) is 9.48 Å². The van der Waals surface area contributed by atoms with Gasteiger partial charge in [0.1, 0.15) is 6.54 Å². The zero-order valence-electron chi connectivity index (χ0n) is 13.2. The van der Waals surface area contributed by atoms with Crippen LogP contribution in [0.5, 0.6) is 0 Å². The maximum Gasteiger partial charge on any atom is 0.241 e. The van der Waals surface area contributed by atoms with Gasteiger partial charge in [-0.25, -0.2) is 0 Å². The van der Waals surface area contributed by atoms with Crippen LogP contribution in [0.4, 0.5) is 5.69 Å². The molecule has 0 saturated heterocycles. The summed E-state index contributed by atoms with van der Waals surface area (Å²) < 4.78 is 1.60. The Kier molecular flexibility index (Phi) is 4.62. The zero-order chi connectivity index (χ0) is 16.2. The van der Waals surface area contributed by atoms with Crippen molar-refractivity contribution < 1.29 is 9.90 Å². The highest BCUT2D eigenvalue weighted by atomic mass is 16.3. The molecule has 1 aliphatic carbocycles. The molecule has 1 amide bonds. The minimum Gasteiger partial charge on any atom is -0.395 e. The van der Waals surface area contributed by atoms with Crippen molar-refractivity contribution >= 4 is 11.6 Å². The molecule has 1 aromatic heterocycles. The molecule has 3 rings (SSSR count). The van der Waals surface area contributed by atoms with Gasteiger partial charge in [-0.15, -0.1) is 0 Å². The smallest absolute Gasteiger partial charge is 0.241 e. The van der Waals surface area contributed by atoms with E-state index in [4.69, 9.17) is 5.11 Å². The zero-order valence-corrected chi connectivity index (χ0v) is 13.2. The summed E-state index contributed by atoms with van der Waals surface area (Å²) >= 11 is 0. The lowest BCUT2D eigenvalue weighted by Crippen LogP contribution is -2.30. The Balaban J connectivity index is 1.64. The Morgan fingerprint density at radius 3 is 3.09 bits per heavy atom. The third kappa shape index (κ3) is 3.53. The molecule has 6 heteroatoms. The van der Waals surface area contributed by atoms with E-state index in [9.17, 15) is 4.79 Å². The van der Waals surface area contributed by atoms with E-state index in [2.05, 4.69) is 46.9 Å². The van der Waals surface area contributed by atoms with E-state index in [0.717, 1.165) is 12.1 Å². The van der Waals surface area contributed by atoms with Crippen LogP contribution < -0.4 is 10.6 Å². The maximum absolute atomic E-state index is 11.6. The van der Waals surface area contributed by atoms with Gasteiger partial charge >= 0.3 is 0 Å². The molecule has 0 bridgehead atoms. The second-order valence-electron chi connectivity index (χ2n) is 6.00. The first-order chi connectivity index (χ1) is 11.2. The molecule has 1 aromatic carbocycles. The number of aliphatic hydroxyl groups excluding tert-OH is 1. The number of rotatable bonds is 6. The van der Waals surface area contributed by atoms with Crippen LogP contribution in [0.25, 0.3) is 0 Å². The normalized spacial score (nSPS) is 19.4. The highest BCUT2D eigenvalue weighted by Gasteiger charge is 2.29. The summed E-state index contributed by atoms with van der Waals surface area (Å²) in [6.45, 7) is 2.60. The van der Waals surface area contributed by atoms with Crippen LogP contribution in [-0.4, -0.2) is 33.9 Å².